The molecule has 0 fully saturated rings. The molecule has 1 aliphatic heterocycles. The molecule has 0 bridgehead atoms. The summed E-state index contributed by atoms with van der Waals surface area (Å²) in [7, 11) is 0. The van der Waals surface area contributed by atoms with Gasteiger partial charge in [0.2, 0.25) is 0 Å². The Labute approximate surface area is 128 Å². The van der Waals surface area contributed by atoms with Crippen LogP contribution in [0, 0.1) is 5.82 Å². The van der Waals surface area contributed by atoms with Crippen molar-refractivity contribution in [1.82, 2.24) is 5.32 Å². The van der Waals surface area contributed by atoms with Crippen LogP contribution in [0.15, 0.2) is 54.1 Å². The molecule has 112 valence electrons. The molecule has 4 heteroatoms. The lowest BCUT2D eigenvalue weighted by Gasteiger charge is -2.17. The highest BCUT2D eigenvalue weighted by Gasteiger charge is 2.16. The molecule has 3 rings (SSSR count). The maximum absolute atomic E-state index is 13.1. The molecule has 0 aliphatic carbocycles. The minimum Gasteiger partial charge on any atom is -0.488 e. The van der Waals surface area contributed by atoms with E-state index in [1.54, 1.807) is 6.07 Å². The molecule has 1 N–H and O–H groups in total. The average Bonchev–Trinajstić information content (AvgIpc) is 2.54. The number of nitrogens with one attached hydrogen (secondary N) is 1. The summed E-state index contributed by atoms with van der Waals surface area (Å²) in [6.07, 6.45) is 2.44. The Morgan fingerprint density at radius 2 is 2.05 bits per heavy atom. The fraction of sp³-hybridized carbons (Fsp3) is 0.167. The number of carbonyl (C=O) groups is 1. The van der Waals surface area contributed by atoms with Crippen LogP contribution < -0.4 is 10.1 Å². The molecule has 22 heavy (non-hydrogen) atoms. The number of hydrogen-bond donors (Lipinski definition) is 1. The number of benzene rings is 2. The number of rotatable bonds is 4. The molecule has 2 aromatic carbocycles. The van der Waals surface area contributed by atoms with Gasteiger partial charge >= 0.3 is 0 Å². The Morgan fingerprint density at radius 3 is 2.91 bits per heavy atom. The van der Waals surface area contributed by atoms with E-state index in [9.17, 15) is 9.18 Å². The highest BCUT2D eigenvalue weighted by Crippen LogP contribution is 2.25. The highest BCUT2D eigenvalue weighted by molar-refractivity contribution is 5.99. The summed E-state index contributed by atoms with van der Waals surface area (Å²) in [5.74, 6) is 0.383. The number of ether oxygens (including phenoxy) is 1. The molecule has 0 radical (unpaired) electrons. The van der Waals surface area contributed by atoms with Crippen molar-refractivity contribution in [3.05, 3.63) is 71.0 Å². The zero-order valence-corrected chi connectivity index (χ0v) is 12.0. The lowest BCUT2D eigenvalue weighted by atomic mass is 10.1. The highest BCUT2D eigenvalue weighted by atomic mass is 19.1. The molecule has 2 aromatic rings. The molecule has 3 nitrogen and oxygen atoms in total. The van der Waals surface area contributed by atoms with Gasteiger partial charge in [-0.25, -0.2) is 4.39 Å². The summed E-state index contributed by atoms with van der Waals surface area (Å²) in [5.41, 5.74) is 2.36. The first kappa shape index (κ1) is 14.3. The average molecular weight is 297 g/mol. The van der Waals surface area contributed by atoms with Gasteiger partial charge in [0.25, 0.3) is 5.91 Å². The van der Waals surface area contributed by atoms with Crippen LogP contribution >= 0.6 is 0 Å². The van der Waals surface area contributed by atoms with Crippen LogP contribution in [0.2, 0.25) is 0 Å². The molecular weight excluding hydrogens is 281 g/mol. The van der Waals surface area contributed by atoms with Gasteiger partial charge in [-0.2, -0.15) is 0 Å². The second kappa shape index (κ2) is 6.43. The SMILES string of the molecule is O=C(NCCc1cccc(F)c1)C1=Cc2ccccc2OC1. The van der Waals surface area contributed by atoms with Gasteiger partial charge in [-0.1, -0.05) is 30.3 Å². The third kappa shape index (κ3) is 3.34. The van der Waals surface area contributed by atoms with Crippen LogP contribution in [0.1, 0.15) is 11.1 Å². The van der Waals surface area contributed by atoms with E-state index in [2.05, 4.69) is 5.32 Å². The number of halogens is 1. The van der Waals surface area contributed by atoms with Crippen molar-refractivity contribution in [3.8, 4) is 5.75 Å². The van der Waals surface area contributed by atoms with Gasteiger partial charge in [0.15, 0.2) is 0 Å². The summed E-state index contributed by atoms with van der Waals surface area (Å²) < 4.78 is 18.6. The summed E-state index contributed by atoms with van der Waals surface area (Å²) in [5, 5.41) is 2.84. The smallest absolute Gasteiger partial charge is 0.250 e. The fourth-order valence-electron chi connectivity index (χ4n) is 2.37. The van der Waals surface area contributed by atoms with Gasteiger partial charge in [-0.3, -0.25) is 4.79 Å². The van der Waals surface area contributed by atoms with Crippen molar-refractivity contribution in [2.45, 2.75) is 6.42 Å². The molecule has 1 amide bonds. The van der Waals surface area contributed by atoms with Crippen molar-refractivity contribution >= 4 is 12.0 Å². The van der Waals surface area contributed by atoms with Gasteiger partial charge in [0.05, 0.1) is 5.57 Å². The standard InChI is InChI=1S/C18H16FNO2/c19-16-6-3-4-13(10-16)8-9-20-18(21)15-11-14-5-1-2-7-17(14)22-12-15/h1-7,10-11H,8-9,12H2,(H,20,21). The van der Waals surface area contributed by atoms with Crippen molar-refractivity contribution in [2.24, 2.45) is 0 Å². The maximum Gasteiger partial charge on any atom is 0.250 e. The van der Waals surface area contributed by atoms with Crippen LogP contribution in [0.25, 0.3) is 6.08 Å². The zero-order chi connectivity index (χ0) is 15.4. The molecule has 0 saturated heterocycles. The van der Waals surface area contributed by atoms with Gasteiger partial charge in [0, 0.05) is 12.1 Å². The summed E-state index contributed by atoms with van der Waals surface area (Å²) in [4.78, 5) is 12.1. The predicted molar refractivity (Wildman–Crippen MR) is 83.0 cm³/mol. The maximum atomic E-state index is 13.1. The lowest BCUT2D eigenvalue weighted by Crippen LogP contribution is -2.30. The van der Waals surface area contributed by atoms with Crippen LogP contribution in [-0.2, 0) is 11.2 Å². The van der Waals surface area contributed by atoms with Gasteiger partial charge in [0.1, 0.15) is 18.2 Å². The van der Waals surface area contributed by atoms with Crippen LogP contribution in [-0.4, -0.2) is 19.1 Å². The zero-order valence-electron chi connectivity index (χ0n) is 12.0. The van der Waals surface area contributed by atoms with E-state index in [1.807, 2.05) is 36.4 Å². The molecule has 0 atom stereocenters. The Balaban J connectivity index is 1.58. The van der Waals surface area contributed by atoms with Crippen molar-refractivity contribution in [3.63, 3.8) is 0 Å². The van der Waals surface area contributed by atoms with Gasteiger partial charge in [-0.15, -0.1) is 0 Å². The van der Waals surface area contributed by atoms with E-state index in [4.69, 9.17) is 4.74 Å². The summed E-state index contributed by atoms with van der Waals surface area (Å²) in [6.45, 7) is 0.726. The van der Waals surface area contributed by atoms with E-state index in [1.165, 1.54) is 12.1 Å². The number of hydrogen-bond acceptors (Lipinski definition) is 2. The predicted octanol–water partition coefficient (Wildman–Crippen LogP) is 2.96. The first-order valence-corrected chi connectivity index (χ1v) is 7.17. The normalized spacial score (nSPS) is 12.9. The third-order valence-corrected chi connectivity index (χ3v) is 3.51. The molecule has 0 unspecified atom stereocenters. The van der Waals surface area contributed by atoms with E-state index in [-0.39, 0.29) is 18.3 Å². The van der Waals surface area contributed by atoms with Crippen LogP contribution in [0.5, 0.6) is 5.75 Å². The van der Waals surface area contributed by atoms with Gasteiger partial charge < -0.3 is 10.1 Å². The topological polar surface area (TPSA) is 38.3 Å². The first-order valence-electron chi connectivity index (χ1n) is 7.17. The molecule has 0 saturated carbocycles. The van der Waals surface area contributed by atoms with Crippen LogP contribution in [0.4, 0.5) is 4.39 Å². The summed E-state index contributed by atoms with van der Waals surface area (Å²) in [6, 6.07) is 14.0. The van der Waals surface area contributed by atoms with E-state index in [0.717, 1.165) is 16.9 Å². The molecule has 0 spiro atoms. The van der Waals surface area contributed by atoms with E-state index in [0.29, 0.717) is 18.5 Å². The third-order valence-electron chi connectivity index (χ3n) is 3.51. The monoisotopic (exact) mass is 297 g/mol. The molecule has 0 aromatic heterocycles. The minimum absolute atomic E-state index is 0.147. The Bertz CT molecular complexity index is 725. The Hall–Kier alpha value is -2.62. The first-order chi connectivity index (χ1) is 10.7. The quantitative estimate of drug-likeness (QED) is 0.942. The number of fused-ring (bicyclic) bond motifs is 1. The number of para-hydroxylation sites is 1. The summed E-state index contributed by atoms with van der Waals surface area (Å²) >= 11 is 0. The van der Waals surface area contributed by atoms with Gasteiger partial charge in [-0.05, 0) is 36.3 Å². The van der Waals surface area contributed by atoms with E-state index < -0.39 is 0 Å². The van der Waals surface area contributed by atoms with Crippen molar-refractivity contribution in [1.29, 1.82) is 0 Å². The lowest BCUT2D eigenvalue weighted by molar-refractivity contribution is -0.117. The minimum atomic E-state index is -0.260. The van der Waals surface area contributed by atoms with Crippen LogP contribution in [0.3, 0.4) is 0 Å². The van der Waals surface area contributed by atoms with Crippen molar-refractivity contribution < 1.29 is 13.9 Å². The fourth-order valence-corrected chi connectivity index (χ4v) is 2.37. The number of amides is 1. The molecule has 1 heterocycles. The number of carbonyl (C=O) groups excluding carboxylic acids is 1. The molecule has 1 aliphatic rings. The van der Waals surface area contributed by atoms with E-state index >= 15 is 0 Å². The second-order valence-corrected chi connectivity index (χ2v) is 5.13. The Kier molecular flexibility index (Phi) is 4.19. The van der Waals surface area contributed by atoms with Crippen molar-refractivity contribution in [2.75, 3.05) is 13.2 Å². The molecular formula is C18H16FNO2. The second-order valence-electron chi connectivity index (χ2n) is 5.13. The largest absolute Gasteiger partial charge is 0.488 e. The Morgan fingerprint density at radius 1 is 1.18 bits per heavy atom.